The zero-order valence-corrected chi connectivity index (χ0v) is 25.3. The number of allylic oxidation sites excluding steroid dienone is 4. The van der Waals surface area contributed by atoms with E-state index in [2.05, 4.69) is 84.3 Å². The molecule has 0 N–H and O–H groups in total. The predicted octanol–water partition coefficient (Wildman–Crippen LogP) is 10.4. The molecule has 0 amide bonds. The van der Waals surface area contributed by atoms with Crippen molar-refractivity contribution in [3.05, 3.63) is 51.4 Å². The highest BCUT2D eigenvalue weighted by Crippen LogP contribution is 2.44. The second-order valence-corrected chi connectivity index (χ2v) is 22.1. The average Bonchev–Trinajstić information content (AvgIpc) is 3.04. The molecule has 0 atom stereocenters. The minimum atomic E-state index is -1.57. The second kappa shape index (κ2) is 12.5. The van der Waals surface area contributed by atoms with Gasteiger partial charge in [0.2, 0.25) is 0 Å². The van der Waals surface area contributed by atoms with Crippen LogP contribution in [-0.4, -0.2) is 21.9 Å². The van der Waals surface area contributed by atoms with Gasteiger partial charge in [0, 0.05) is 0 Å². The van der Waals surface area contributed by atoms with E-state index in [0.717, 1.165) is 5.69 Å². The maximum absolute atomic E-state index is 5.45. The Morgan fingerprint density at radius 2 is 1.03 bits per heavy atom. The third kappa shape index (κ3) is 7.92. The highest BCUT2D eigenvalue weighted by molar-refractivity contribution is 6.95. The van der Waals surface area contributed by atoms with Crippen molar-refractivity contribution in [2.75, 3.05) is 0 Å². The number of aryl methyl sites for hydroxylation is 1. The molecule has 3 heteroatoms. The Kier molecular flexibility index (Phi) is 10.6. The van der Waals surface area contributed by atoms with Gasteiger partial charge in [-0.1, -0.05) is 109 Å². The molecule has 33 heavy (non-hydrogen) atoms. The Morgan fingerprint density at radius 3 is 1.39 bits per heavy atom. The summed E-state index contributed by atoms with van der Waals surface area (Å²) in [5.74, 6) is 0. The van der Waals surface area contributed by atoms with Gasteiger partial charge in [-0.15, -0.1) is 0 Å². The van der Waals surface area contributed by atoms with Crippen molar-refractivity contribution >= 4 is 27.5 Å². The summed E-state index contributed by atoms with van der Waals surface area (Å²) in [6.45, 7) is 22.1. The van der Waals surface area contributed by atoms with Crippen molar-refractivity contribution in [3.63, 3.8) is 0 Å². The molecule has 0 fully saturated rings. The summed E-state index contributed by atoms with van der Waals surface area (Å²) >= 11 is 0. The van der Waals surface area contributed by atoms with Crippen molar-refractivity contribution in [1.29, 1.82) is 0 Å². The van der Waals surface area contributed by atoms with Crippen LogP contribution in [0.15, 0.2) is 50.8 Å². The number of hydrogen-bond acceptors (Lipinski definition) is 1. The molecule has 0 spiro atoms. The van der Waals surface area contributed by atoms with E-state index in [1.54, 1.807) is 21.5 Å². The molecule has 0 unspecified atom stereocenters. The summed E-state index contributed by atoms with van der Waals surface area (Å²) in [6, 6.07) is 8.85. The summed E-state index contributed by atoms with van der Waals surface area (Å²) < 4.78 is 0. The van der Waals surface area contributed by atoms with Gasteiger partial charge < -0.3 is 0 Å². The molecule has 0 bridgehead atoms. The molecule has 1 aromatic rings. The van der Waals surface area contributed by atoms with Gasteiger partial charge in [0.25, 0.3) is 0 Å². The first-order valence-corrected chi connectivity index (χ1v) is 20.6. The lowest BCUT2D eigenvalue weighted by Crippen LogP contribution is -2.35. The van der Waals surface area contributed by atoms with Crippen LogP contribution in [0.4, 0.5) is 5.69 Å². The fraction of sp³-hybridized carbons (Fsp3) is 0.633. The standard InChI is InChI=1S/C30H51NSi2/c1-10-12-14-16-18-26-27(19-17-15-13-11-2)30(33(7,8)9)28(29(26)32(4,5)6)31-25-22-20-24(3)21-23-25/h20-23H,10-19H2,1-9H3. The van der Waals surface area contributed by atoms with Gasteiger partial charge in [0.15, 0.2) is 0 Å². The highest BCUT2D eigenvalue weighted by Gasteiger charge is 2.41. The van der Waals surface area contributed by atoms with Crippen LogP contribution in [0.25, 0.3) is 0 Å². The third-order valence-electron chi connectivity index (χ3n) is 6.78. The Bertz CT molecular complexity index is 810. The first kappa shape index (κ1) is 28.0. The Labute approximate surface area is 207 Å². The number of aliphatic imine (C=N–C) groups is 1. The van der Waals surface area contributed by atoms with E-state index in [-0.39, 0.29) is 0 Å². The summed E-state index contributed by atoms with van der Waals surface area (Å²) in [6.07, 6.45) is 13.2. The van der Waals surface area contributed by atoms with E-state index >= 15 is 0 Å². The topological polar surface area (TPSA) is 12.4 Å². The van der Waals surface area contributed by atoms with Gasteiger partial charge in [-0.25, -0.2) is 4.99 Å². The molecule has 0 aliphatic heterocycles. The van der Waals surface area contributed by atoms with Gasteiger partial charge in [-0.05, 0) is 66.3 Å². The Balaban J connectivity index is 2.67. The quantitative estimate of drug-likeness (QED) is 0.196. The van der Waals surface area contributed by atoms with Crippen molar-refractivity contribution in [2.24, 2.45) is 4.99 Å². The Morgan fingerprint density at radius 1 is 0.606 bits per heavy atom. The zero-order chi connectivity index (χ0) is 24.6. The van der Waals surface area contributed by atoms with Crippen LogP contribution < -0.4 is 0 Å². The van der Waals surface area contributed by atoms with Crippen molar-refractivity contribution in [2.45, 2.75) is 124 Å². The average molecular weight is 482 g/mol. The van der Waals surface area contributed by atoms with Crippen LogP contribution in [0.1, 0.15) is 83.6 Å². The van der Waals surface area contributed by atoms with Crippen LogP contribution in [0, 0.1) is 6.92 Å². The van der Waals surface area contributed by atoms with E-state index in [1.807, 2.05) is 0 Å². The fourth-order valence-corrected chi connectivity index (χ4v) is 9.47. The minimum Gasteiger partial charge on any atom is -0.249 e. The van der Waals surface area contributed by atoms with E-state index in [1.165, 1.54) is 75.5 Å². The monoisotopic (exact) mass is 481 g/mol. The molecule has 1 nitrogen and oxygen atoms in total. The molecule has 0 saturated carbocycles. The molecule has 184 valence electrons. The number of unbranched alkanes of at least 4 members (excludes halogenated alkanes) is 6. The highest BCUT2D eigenvalue weighted by atomic mass is 28.3. The largest absolute Gasteiger partial charge is 0.249 e. The van der Waals surface area contributed by atoms with Crippen LogP contribution in [0.5, 0.6) is 0 Å². The van der Waals surface area contributed by atoms with E-state index in [0.29, 0.717) is 0 Å². The molecular weight excluding hydrogens is 431 g/mol. The summed E-state index contributed by atoms with van der Waals surface area (Å²) in [5, 5.41) is 3.37. The second-order valence-electron chi connectivity index (χ2n) is 12.1. The van der Waals surface area contributed by atoms with E-state index < -0.39 is 16.1 Å². The smallest absolute Gasteiger partial charge is 0.0807 e. The first-order chi connectivity index (χ1) is 15.5. The van der Waals surface area contributed by atoms with Crippen LogP contribution >= 0.6 is 0 Å². The molecule has 2 rings (SSSR count). The number of rotatable bonds is 13. The van der Waals surface area contributed by atoms with Crippen LogP contribution in [0.2, 0.25) is 39.3 Å². The lowest BCUT2D eigenvalue weighted by molar-refractivity contribution is 0.648. The molecule has 0 aromatic heterocycles. The van der Waals surface area contributed by atoms with Gasteiger partial charge in [-0.3, -0.25) is 0 Å². The van der Waals surface area contributed by atoms with Gasteiger partial charge in [0.05, 0.1) is 27.5 Å². The predicted molar refractivity (Wildman–Crippen MR) is 157 cm³/mol. The molecule has 0 radical (unpaired) electrons. The van der Waals surface area contributed by atoms with Gasteiger partial charge in [0.1, 0.15) is 0 Å². The number of hydrogen-bond donors (Lipinski definition) is 0. The summed E-state index contributed by atoms with van der Waals surface area (Å²) in [5.41, 5.74) is 7.28. The van der Waals surface area contributed by atoms with Crippen LogP contribution in [0.3, 0.4) is 0 Å². The number of nitrogens with zero attached hydrogens (tertiary/aromatic N) is 1. The number of benzene rings is 1. The summed E-state index contributed by atoms with van der Waals surface area (Å²) in [7, 11) is -3.14. The third-order valence-corrected chi connectivity index (χ3v) is 10.9. The van der Waals surface area contributed by atoms with Crippen LogP contribution in [-0.2, 0) is 0 Å². The first-order valence-electron chi connectivity index (χ1n) is 13.6. The molecule has 1 aliphatic rings. The zero-order valence-electron chi connectivity index (χ0n) is 23.3. The lowest BCUT2D eigenvalue weighted by atomic mass is 9.97. The molecule has 1 aromatic carbocycles. The summed E-state index contributed by atoms with van der Waals surface area (Å²) in [4.78, 5) is 5.45. The Hall–Kier alpha value is -1.20. The van der Waals surface area contributed by atoms with Gasteiger partial charge >= 0.3 is 0 Å². The minimum absolute atomic E-state index is 1.12. The van der Waals surface area contributed by atoms with E-state index in [4.69, 9.17) is 4.99 Å². The lowest BCUT2D eigenvalue weighted by Gasteiger charge is -2.26. The normalized spacial score (nSPS) is 15.1. The van der Waals surface area contributed by atoms with Crippen molar-refractivity contribution in [3.8, 4) is 0 Å². The molecule has 0 saturated heterocycles. The van der Waals surface area contributed by atoms with Crippen molar-refractivity contribution in [1.82, 2.24) is 0 Å². The van der Waals surface area contributed by atoms with Crippen molar-refractivity contribution < 1.29 is 0 Å². The fourth-order valence-electron chi connectivity index (χ4n) is 5.20. The maximum Gasteiger partial charge on any atom is 0.0807 e. The molecule has 0 heterocycles. The van der Waals surface area contributed by atoms with Gasteiger partial charge in [-0.2, -0.15) is 0 Å². The molecule has 1 aliphatic carbocycles. The SMILES string of the molecule is CCCCCCC1=C([Si](C)(C)C)C(=Nc2ccc(C)cc2)C([Si](C)(C)C)=C1CCCCCC. The maximum atomic E-state index is 5.45. The molecular formula is C30H51NSi2. The van der Waals surface area contributed by atoms with E-state index in [9.17, 15) is 0 Å².